The molecule has 0 spiro atoms. The van der Waals surface area contributed by atoms with Crippen molar-refractivity contribution in [2.24, 2.45) is 5.92 Å². The van der Waals surface area contributed by atoms with E-state index >= 15 is 0 Å². The zero-order valence-corrected chi connectivity index (χ0v) is 19.6. The van der Waals surface area contributed by atoms with Crippen LogP contribution in [0.4, 0.5) is 0 Å². The molecule has 1 saturated carbocycles. The lowest BCUT2D eigenvalue weighted by Gasteiger charge is -2.35. The molecule has 0 radical (unpaired) electrons. The molecule has 30 heavy (non-hydrogen) atoms. The molecule has 3 rings (SSSR count). The van der Waals surface area contributed by atoms with Gasteiger partial charge in [-0.3, -0.25) is 4.79 Å². The summed E-state index contributed by atoms with van der Waals surface area (Å²) in [6, 6.07) is 0.618. The third-order valence-electron chi connectivity index (χ3n) is 6.66. The van der Waals surface area contributed by atoms with Gasteiger partial charge in [0.2, 0.25) is 15.9 Å². The second-order valence-corrected chi connectivity index (χ2v) is 10.8. The fourth-order valence-electron chi connectivity index (χ4n) is 4.77. The second-order valence-electron chi connectivity index (χ2n) is 8.89. The average Bonchev–Trinajstić information content (AvgIpc) is 3.10. The van der Waals surface area contributed by atoms with Crippen LogP contribution in [0.2, 0.25) is 0 Å². The maximum atomic E-state index is 13.1. The number of aromatic nitrogens is 1. The van der Waals surface area contributed by atoms with Gasteiger partial charge in [0.25, 0.3) is 0 Å². The molecule has 1 aromatic heterocycles. The van der Waals surface area contributed by atoms with Crippen molar-refractivity contribution in [3.8, 4) is 0 Å². The second kappa shape index (κ2) is 9.78. The van der Waals surface area contributed by atoms with E-state index in [0.717, 1.165) is 13.0 Å². The minimum Gasteiger partial charge on any atom is -0.360 e. The molecule has 1 saturated heterocycles. The number of hydrogen-bond acceptors (Lipinski definition) is 6. The summed E-state index contributed by atoms with van der Waals surface area (Å²) in [5.74, 6) is 0.0218. The van der Waals surface area contributed by atoms with Gasteiger partial charge in [0.05, 0.1) is 5.92 Å². The number of nitrogens with zero attached hydrogens (tertiary/aromatic N) is 4. The zero-order chi connectivity index (χ0) is 21.9. The van der Waals surface area contributed by atoms with Gasteiger partial charge in [0.15, 0.2) is 5.76 Å². The Hall–Kier alpha value is -1.45. The molecular weight excluding hydrogens is 404 g/mol. The summed E-state index contributed by atoms with van der Waals surface area (Å²) in [7, 11) is 0.263. The van der Waals surface area contributed by atoms with E-state index in [1.165, 1.54) is 36.4 Å². The SMILES string of the molecule is Cc1noc(C)c1S(=O)(=O)N1CCCC(C(=O)N(C)CCN(C)C2CCCCC2)C1. The van der Waals surface area contributed by atoms with Crippen molar-refractivity contribution in [1.82, 2.24) is 19.3 Å². The Morgan fingerprint density at radius 3 is 2.43 bits per heavy atom. The summed E-state index contributed by atoms with van der Waals surface area (Å²) >= 11 is 0. The molecule has 9 heteroatoms. The standard InChI is InChI=1S/C21H36N4O4S/c1-16-20(17(2)29-22-16)30(27,28)25-12-8-9-18(15-25)21(26)24(4)14-13-23(3)19-10-6-5-7-11-19/h18-19H,5-15H2,1-4H3. The topological polar surface area (TPSA) is 87.0 Å². The van der Waals surface area contributed by atoms with E-state index < -0.39 is 10.0 Å². The van der Waals surface area contributed by atoms with Gasteiger partial charge < -0.3 is 14.3 Å². The van der Waals surface area contributed by atoms with Crippen LogP contribution in [0, 0.1) is 19.8 Å². The van der Waals surface area contributed by atoms with Crippen LogP contribution in [0.5, 0.6) is 0 Å². The Morgan fingerprint density at radius 1 is 1.10 bits per heavy atom. The number of amides is 1. The van der Waals surface area contributed by atoms with Crippen LogP contribution in [-0.2, 0) is 14.8 Å². The van der Waals surface area contributed by atoms with Crippen LogP contribution in [0.3, 0.4) is 0 Å². The van der Waals surface area contributed by atoms with Crippen LogP contribution in [0.1, 0.15) is 56.4 Å². The first-order chi connectivity index (χ1) is 14.2. The Balaban J connectivity index is 1.58. The Bertz CT molecular complexity index is 813. The number of rotatable bonds is 7. The van der Waals surface area contributed by atoms with Crippen LogP contribution in [0.15, 0.2) is 9.42 Å². The molecule has 1 aromatic rings. The summed E-state index contributed by atoms with van der Waals surface area (Å²) in [5, 5.41) is 3.78. The molecular formula is C21H36N4O4S. The van der Waals surface area contributed by atoms with Crippen molar-refractivity contribution in [2.75, 3.05) is 40.3 Å². The molecule has 2 aliphatic rings. The zero-order valence-electron chi connectivity index (χ0n) is 18.8. The lowest BCUT2D eigenvalue weighted by atomic mass is 9.94. The number of sulfonamides is 1. The quantitative estimate of drug-likeness (QED) is 0.647. The predicted octanol–water partition coefficient (Wildman–Crippen LogP) is 2.42. The highest BCUT2D eigenvalue weighted by Gasteiger charge is 2.37. The minimum absolute atomic E-state index is 0.0331. The molecule has 0 N–H and O–H groups in total. The normalized spacial score (nSPS) is 21.8. The number of piperidine rings is 1. The largest absolute Gasteiger partial charge is 0.360 e. The highest BCUT2D eigenvalue weighted by atomic mass is 32.2. The van der Waals surface area contributed by atoms with Crippen LogP contribution in [0.25, 0.3) is 0 Å². The average molecular weight is 441 g/mol. The summed E-state index contributed by atoms with van der Waals surface area (Å²) in [4.78, 5) is 17.3. The van der Waals surface area contributed by atoms with Gasteiger partial charge in [-0.1, -0.05) is 24.4 Å². The molecule has 0 aromatic carbocycles. The first kappa shape index (κ1) is 23.2. The van der Waals surface area contributed by atoms with Crippen molar-refractivity contribution < 1.29 is 17.7 Å². The molecule has 170 valence electrons. The van der Waals surface area contributed by atoms with Crippen molar-refractivity contribution in [1.29, 1.82) is 0 Å². The molecule has 2 fully saturated rings. The summed E-state index contributed by atoms with van der Waals surface area (Å²) < 4.78 is 32.7. The van der Waals surface area contributed by atoms with Crippen molar-refractivity contribution in [2.45, 2.75) is 69.7 Å². The van der Waals surface area contributed by atoms with E-state index in [1.54, 1.807) is 18.7 Å². The lowest BCUT2D eigenvalue weighted by molar-refractivity contribution is -0.135. The highest BCUT2D eigenvalue weighted by Crippen LogP contribution is 2.28. The van der Waals surface area contributed by atoms with Crippen LogP contribution >= 0.6 is 0 Å². The van der Waals surface area contributed by atoms with Gasteiger partial charge in [-0.05, 0) is 46.6 Å². The molecule has 1 amide bonds. The monoisotopic (exact) mass is 440 g/mol. The van der Waals surface area contributed by atoms with Crippen molar-refractivity contribution in [3.63, 3.8) is 0 Å². The van der Waals surface area contributed by atoms with Crippen molar-refractivity contribution in [3.05, 3.63) is 11.5 Å². The smallest absolute Gasteiger partial charge is 0.248 e. The van der Waals surface area contributed by atoms with Gasteiger partial charge in [-0.15, -0.1) is 0 Å². The molecule has 0 bridgehead atoms. The first-order valence-corrected chi connectivity index (χ1v) is 12.5. The fraction of sp³-hybridized carbons (Fsp3) is 0.810. The van der Waals surface area contributed by atoms with Crippen LogP contribution in [-0.4, -0.2) is 79.9 Å². The Kier molecular flexibility index (Phi) is 7.57. The molecule has 1 aliphatic carbocycles. The van der Waals surface area contributed by atoms with E-state index in [4.69, 9.17) is 4.52 Å². The van der Waals surface area contributed by atoms with E-state index in [2.05, 4.69) is 17.1 Å². The van der Waals surface area contributed by atoms with Gasteiger partial charge in [-0.25, -0.2) is 8.42 Å². The minimum atomic E-state index is -3.71. The molecule has 2 heterocycles. The highest BCUT2D eigenvalue weighted by molar-refractivity contribution is 7.89. The van der Waals surface area contributed by atoms with Gasteiger partial charge in [-0.2, -0.15) is 4.31 Å². The third-order valence-corrected chi connectivity index (χ3v) is 8.77. The maximum Gasteiger partial charge on any atom is 0.248 e. The summed E-state index contributed by atoms with van der Waals surface area (Å²) in [5.41, 5.74) is 0.365. The van der Waals surface area contributed by atoms with Crippen molar-refractivity contribution >= 4 is 15.9 Å². The predicted molar refractivity (Wildman–Crippen MR) is 115 cm³/mol. The third kappa shape index (κ3) is 5.06. The number of likely N-dealkylation sites (N-methyl/N-ethyl adjacent to an activating group) is 2. The van der Waals surface area contributed by atoms with Gasteiger partial charge >= 0.3 is 0 Å². The summed E-state index contributed by atoms with van der Waals surface area (Å²) in [6.07, 6.45) is 7.79. The number of carbonyl (C=O) groups is 1. The van der Waals surface area contributed by atoms with E-state index in [1.807, 2.05) is 7.05 Å². The van der Waals surface area contributed by atoms with Crippen LogP contribution < -0.4 is 0 Å². The van der Waals surface area contributed by atoms with E-state index in [0.29, 0.717) is 37.0 Å². The molecule has 1 atom stereocenters. The molecule has 8 nitrogen and oxygen atoms in total. The van der Waals surface area contributed by atoms with Gasteiger partial charge in [0.1, 0.15) is 10.6 Å². The Morgan fingerprint density at radius 2 is 1.80 bits per heavy atom. The number of carbonyl (C=O) groups excluding carboxylic acids is 1. The van der Waals surface area contributed by atoms with Gasteiger partial charge in [0, 0.05) is 39.3 Å². The fourth-order valence-corrected chi connectivity index (χ4v) is 6.58. The van der Waals surface area contributed by atoms with E-state index in [9.17, 15) is 13.2 Å². The maximum absolute atomic E-state index is 13.1. The van der Waals surface area contributed by atoms with E-state index in [-0.39, 0.29) is 23.3 Å². The number of hydrogen-bond donors (Lipinski definition) is 0. The number of aryl methyl sites for hydroxylation is 2. The molecule has 1 unspecified atom stereocenters. The first-order valence-electron chi connectivity index (χ1n) is 11.1. The Labute approximate surface area is 180 Å². The summed E-state index contributed by atoms with van der Waals surface area (Å²) in [6.45, 7) is 5.39. The lowest BCUT2D eigenvalue weighted by Crippen LogP contribution is -2.47. The molecule has 1 aliphatic heterocycles.